The van der Waals surface area contributed by atoms with E-state index in [2.05, 4.69) is 0 Å². The number of hydrogen-bond donors (Lipinski definition) is 1. The predicted molar refractivity (Wildman–Crippen MR) is 103 cm³/mol. The van der Waals surface area contributed by atoms with Crippen LogP contribution in [-0.4, -0.2) is 47.2 Å². The van der Waals surface area contributed by atoms with Crippen molar-refractivity contribution in [3.05, 3.63) is 65.2 Å². The third kappa shape index (κ3) is 4.30. The number of urea groups is 1. The average molecular weight is 389 g/mol. The van der Waals surface area contributed by atoms with E-state index in [-0.39, 0.29) is 25.7 Å². The quantitative estimate of drug-likeness (QED) is 0.740. The molecule has 1 aliphatic heterocycles. The standard InChI is InChI=1S/C20H21ClN2O4/c1-14-19(25)22(20(26)23(14)16-8-3-2-4-9-16)11-17(24)13-27-12-15-7-5-6-10-18(15)21/h2-10,14,17,24H,11-13H2,1H3/t14-,17-/m1/s1. The molecular weight excluding hydrogens is 368 g/mol. The Morgan fingerprint density at radius 3 is 2.48 bits per heavy atom. The van der Waals surface area contributed by atoms with E-state index in [1.54, 1.807) is 37.3 Å². The molecular formula is C20H21ClN2O4. The smallest absolute Gasteiger partial charge is 0.332 e. The molecule has 1 fully saturated rings. The van der Waals surface area contributed by atoms with Crippen LogP contribution in [0.15, 0.2) is 54.6 Å². The lowest BCUT2D eigenvalue weighted by Crippen LogP contribution is -2.40. The van der Waals surface area contributed by atoms with Crippen molar-refractivity contribution in [1.82, 2.24) is 4.90 Å². The van der Waals surface area contributed by atoms with Crippen LogP contribution in [-0.2, 0) is 16.1 Å². The van der Waals surface area contributed by atoms with E-state index >= 15 is 0 Å². The molecule has 0 aromatic heterocycles. The summed E-state index contributed by atoms with van der Waals surface area (Å²) in [5, 5.41) is 10.8. The summed E-state index contributed by atoms with van der Waals surface area (Å²) in [6.45, 7) is 1.79. The number of para-hydroxylation sites is 1. The van der Waals surface area contributed by atoms with Crippen LogP contribution in [0.4, 0.5) is 10.5 Å². The molecule has 0 unspecified atom stereocenters. The van der Waals surface area contributed by atoms with E-state index in [9.17, 15) is 14.7 Å². The SMILES string of the molecule is C[C@@H]1C(=O)N(C[C@@H](O)COCc2ccccc2Cl)C(=O)N1c1ccccc1. The second-order valence-corrected chi connectivity index (χ2v) is 6.78. The maximum atomic E-state index is 12.7. The van der Waals surface area contributed by atoms with Crippen molar-refractivity contribution in [1.29, 1.82) is 0 Å². The van der Waals surface area contributed by atoms with Crippen molar-refractivity contribution < 1.29 is 19.4 Å². The Bertz CT molecular complexity index is 815. The van der Waals surface area contributed by atoms with E-state index in [4.69, 9.17) is 16.3 Å². The summed E-state index contributed by atoms with van der Waals surface area (Å²) in [4.78, 5) is 27.6. The number of β-amino-alcohol motifs (C(OH)–C–C–N with tert-alkyl or cyclic N) is 1. The molecule has 142 valence electrons. The van der Waals surface area contributed by atoms with Crippen molar-refractivity contribution in [3.8, 4) is 0 Å². The minimum Gasteiger partial charge on any atom is -0.389 e. The third-order valence-electron chi connectivity index (χ3n) is 4.40. The Morgan fingerprint density at radius 1 is 1.11 bits per heavy atom. The van der Waals surface area contributed by atoms with Crippen molar-refractivity contribution in [2.75, 3.05) is 18.1 Å². The predicted octanol–water partition coefficient (Wildman–Crippen LogP) is 3.07. The van der Waals surface area contributed by atoms with Crippen molar-refractivity contribution in [2.24, 2.45) is 0 Å². The Kier molecular flexibility index (Phi) is 6.11. The number of aliphatic hydroxyl groups is 1. The molecule has 0 saturated carbocycles. The lowest BCUT2D eigenvalue weighted by molar-refractivity contribution is -0.128. The van der Waals surface area contributed by atoms with Gasteiger partial charge in [0.1, 0.15) is 6.04 Å². The van der Waals surface area contributed by atoms with Gasteiger partial charge in [0.2, 0.25) is 0 Å². The molecule has 0 bridgehead atoms. The van der Waals surface area contributed by atoms with Crippen LogP contribution < -0.4 is 4.90 Å². The van der Waals surface area contributed by atoms with Gasteiger partial charge in [-0.1, -0.05) is 48.0 Å². The largest absolute Gasteiger partial charge is 0.389 e. The minimum atomic E-state index is -0.983. The summed E-state index contributed by atoms with van der Waals surface area (Å²) in [5.41, 5.74) is 1.46. The number of carbonyl (C=O) groups is 2. The van der Waals surface area contributed by atoms with Crippen molar-refractivity contribution >= 4 is 29.2 Å². The molecule has 0 spiro atoms. The van der Waals surface area contributed by atoms with E-state index in [1.165, 1.54) is 4.90 Å². The zero-order valence-corrected chi connectivity index (χ0v) is 15.7. The topological polar surface area (TPSA) is 70.1 Å². The number of halogens is 1. The van der Waals surface area contributed by atoms with Gasteiger partial charge in [-0.25, -0.2) is 4.79 Å². The average Bonchev–Trinajstić information content (AvgIpc) is 2.87. The minimum absolute atomic E-state index is 0.0119. The van der Waals surface area contributed by atoms with Crippen LogP contribution in [0.1, 0.15) is 12.5 Å². The number of amides is 3. The van der Waals surface area contributed by atoms with Crippen LogP contribution in [0.25, 0.3) is 0 Å². The highest BCUT2D eigenvalue weighted by molar-refractivity contribution is 6.31. The number of aliphatic hydroxyl groups excluding tert-OH is 1. The summed E-state index contributed by atoms with van der Waals surface area (Å²) in [6, 6.07) is 15.2. The molecule has 2 aromatic carbocycles. The first kappa shape index (κ1) is 19.4. The van der Waals surface area contributed by atoms with Crippen LogP contribution in [0, 0.1) is 0 Å². The van der Waals surface area contributed by atoms with E-state index in [0.29, 0.717) is 10.7 Å². The summed E-state index contributed by atoms with van der Waals surface area (Å²) in [5.74, 6) is -0.339. The molecule has 1 heterocycles. The maximum Gasteiger partial charge on any atom is 0.332 e. The number of anilines is 1. The van der Waals surface area contributed by atoms with Gasteiger partial charge in [-0.15, -0.1) is 0 Å². The molecule has 27 heavy (non-hydrogen) atoms. The number of imide groups is 1. The molecule has 6 nitrogen and oxygen atoms in total. The molecule has 1 aliphatic rings. The number of benzene rings is 2. The number of nitrogens with zero attached hydrogens (tertiary/aromatic N) is 2. The Morgan fingerprint density at radius 2 is 1.78 bits per heavy atom. The molecule has 0 aliphatic carbocycles. The van der Waals surface area contributed by atoms with Gasteiger partial charge in [-0.05, 0) is 30.7 Å². The van der Waals surface area contributed by atoms with Gasteiger partial charge in [0.25, 0.3) is 5.91 Å². The highest BCUT2D eigenvalue weighted by atomic mass is 35.5. The van der Waals surface area contributed by atoms with Crippen LogP contribution in [0.5, 0.6) is 0 Å². The number of rotatable bonds is 7. The van der Waals surface area contributed by atoms with Gasteiger partial charge in [0.05, 0.1) is 25.9 Å². The van der Waals surface area contributed by atoms with Crippen molar-refractivity contribution in [3.63, 3.8) is 0 Å². The molecule has 2 atom stereocenters. The zero-order valence-electron chi connectivity index (χ0n) is 14.9. The first-order chi connectivity index (χ1) is 13.0. The normalized spacial score (nSPS) is 18.3. The molecule has 1 N–H and O–H groups in total. The molecule has 2 aromatic rings. The van der Waals surface area contributed by atoms with Crippen molar-refractivity contribution in [2.45, 2.75) is 25.7 Å². The van der Waals surface area contributed by atoms with Gasteiger partial charge in [-0.3, -0.25) is 14.6 Å². The molecule has 1 saturated heterocycles. The number of carbonyl (C=O) groups excluding carboxylic acids is 2. The van der Waals surface area contributed by atoms with Gasteiger partial charge < -0.3 is 9.84 Å². The Hall–Kier alpha value is -2.41. The molecule has 3 amide bonds. The highest BCUT2D eigenvalue weighted by Crippen LogP contribution is 2.25. The number of ether oxygens (including phenoxy) is 1. The summed E-state index contributed by atoms with van der Waals surface area (Å²) < 4.78 is 5.48. The first-order valence-corrected chi connectivity index (χ1v) is 9.05. The van der Waals surface area contributed by atoms with Gasteiger partial charge >= 0.3 is 6.03 Å². The van der Waals surface area contributed by atoms with E-state index < -0.39 is 18.2 Å². The fourth-order valence-electron chi connectivity index (χ4n) is 3.00. The fourth-order valence-corrected chi connectivity index (χ4v) is 3.19. The maximum absolute atomic E-state index is 12.7. The number of hydrogen-bond acceptors (Lipinski definition) is 4. The zero-order chi connectivity index (χ0) is 19.4. The third-order valence-corrected chi connectivity index (χ3v) is 4.77. The van der Waals surface area contributed by atoms with Gasteiger partial charge in [0, 0.05) is 10.7 Å². The lowest BCUT2D eigenvalue weighted by atomic mass is 10.2. The van der Waals surface area contributed by atoms with E-state index in [1.807, 2.05) is 24.3 Å². The highest BCUT2D eigenvalue weighted by Gasteiger charge is 2.43. The van der Waals surface area contributed by atoms with E-state index in [0.717, 1.165) is 10.5 Å². The second kappa shape index (κ2) is 8.52. The fraction of sp³-hybridized carbons (Fsp3) is 0.300. The van der Waals surface area contributed by atoms with Crippen LogP contribution in [0.3, 0.4) is 0 Å². The molecule has 0 radical (unpaired) electrons. The van der Waals surface area contributed by atoms with Gasteiger partial charge in [-0.2, -0.15) is 0 Å². The summed E-state index contributed by atoms with van der Waals surface area (Å²) in [7, 11) is 0. The first-order valence-electron chi connectivity index (χ1n) is 8.68. The molecule has 3 rings (SSSR count). The van der Waals surface area contributed by atoms with Gasteiger partial charge in [0.15, 0.2) is 0 Å². The van der Waals surface area contributed by atoms with Crippen LogP contribution in [0.2, 0.25) is 5.02 Å². The van der Waals surface area contributed by atoms with Crippen LogP contribution >= 0.6 is 11.6 Å². The lowest BCUT2D eigenvalue weighted by Gasteiger charge is -2.20. The second-order valence-electron chi connectivity index (χ2n) is 6.37. The summed E-state index contributed by atoms with van der Waals surface area (Å²) >= 11 is 6.06. The summed E-state index contributed by atoms with van der Waals surface area (Å²) in [6.07, 6.45) is -0.983. The monoisotopic (exact) mass is 388 g/mol. The Balaban J connectivity index is 1.57. The molecule has 7 heteroatoms. The Labute approximate surface area is 162 Å².